The Morgan fingerprint density at radius 2 is 1.79 bits per heavy atom. The average molecular weight is 325 g/mol. The highest BCUT2D eigenvalue weighted by atomic mass is 79.9. The second-order valence-corrected chi connectivity index (χ2v) is 5.94. The van der Waals surface area contributed by atoms with E-state index in [-0.39, 0.29) is 5.91 Å². The zero-order chi connectivity index (χ0) is 13.7. The van der Waals surface area contributed by atoms with Crippen molar-refractivity contribution >= 4 is 21.8 Å². The monoisotopic (exact) mass is 324 g/mol. The molecule has 3 nitrogen and oxygen atoms in total. The summed E-state index contributed by atoms with van der Waals surface area (Å²) in [6.07, 6.45) is 1.70. The lowest BCUT2D eigenvalue weighted by molar-refractivity contribution is -0.132. The minimum Gasteiger partial charge on any atom is -0.340 e. The number of halogens is 1. The van der Waals surface area contributed by atoms with Crippen molar-refractivity contribution in [3.05, 3.63) is 34.3 Å². The van der Waals surface area contributed by atoms with Crippen molar-refractivity contribution in [2.45, 2.75) is 19.8 Å². The number of hydrogen-bond donors (Lipinski definition) is 0. The molecule has 104 valence electrons. The molecular formula is C15H21BrN2O. The Morgan fingerprint density at radius 1 is 1.16 bits per heavy atom. The molecule has 0 spiro atoms. The van der Waals surface area contributed by atoms with Gasteiger partial charge < -0.3 is 4.90 Å². The highest BCUT2D eigenvalue weighted by molar-refractivity contribution is 9.10. The summed E-state index contributed by atoms with van der Waals surface area (Å²) in [7, 11) is 0. The second kappa shape index (κ2) is 7.06. The second-order valence-electron chi connectivity index (χ2n) is 5.03. The van der Waals surface area contributed by atoms with Gasteiger partial charge in [0.15, 0.2) is 0 Å². The summed E-state index contributed by atoms with van der Waals surface area (Å²) in [6.45, 7) is 7.12. The third-order valence-corrected chi connectivity index (χ3v) is 4.06. The molecule has 1 aliphatic heterocycles. The number of rotatable bonds is 4. The van der Waals surface area contributed by atoms with E-state index in [4.69, 9.17) is 0 Å². The topological polar surface area (TPSA) is 23.6 Å². The molecule has 1 aromatic carbocycles. The highest BCUT2D eigenvalue weighted by Crippen LogP contribution is 2.12. The van der Waals surface area contributed by atoms with Crippen LogP contribution in [0.5, 0.6) is 0 Å². The molecule has 0 aliphatic carbocycles. The van der Waals surface area contributed by atoms with E-state index in [1.165, 1.54) is 6.42 Å². The fraction of sp³-hybridized carbons (Fsp3) is 0.533. The van der Waals surface area contributed by atoms with Crippen LogP contribution in [0.4, 0.5) is 0 Å². The zero-order valence-corrected chi connectivity index (χ0v) is 13.0. The fourth-order valence-electron chi connectivity index (χ4n) is 2.43. The molecule has 1 fully saturated rings. The van der Waals surface area contributed by atoms with E-state index in [9.17, 15) is 4.79 Å². The van der Waals surface area contributed by atoms with Gasteiger partial charge >= 0.3 is 0 Å². The van der Waals surface area contributed by atoms with Gasteiger partial charge in [0.05, 0.1) is 6.42 Å². The van der Waals surface area contributed by atoms with Gasteiger partial charge in [-0.2, -0.15) is 0 Å². The van der Waals surface area contributed by atoms with Gasteiger partial charge in [0.2, 0.25) is 5.91 Å². The summed E-state index contributed by atoms with van der Waals surface area (Å²) >= 11 is 3.41. The fourth-order valence-corrected chi connectivity index (χ4v) is 2.69. The highest BCUT2D eigenvalue weighted by Gasteiger charge is 2.20. The van der Waals surface area contributed by atoms with Crippen molar-refractivity contribution < 1.29 is 4.79 Å². The Balaban J connectivity index is 1.83. The lowest BCUT2D eigenvalue weighted by atomic mass is 10.1. The molecule has 2 rings (SSSR count). The van der Waals surface area contributed by atoms with Gasteiger partial charge in [0.25, 0.3) is 0 Å². The SMILES string of the molecule is CCCN1CCN(C(=O)Cc2ccc(Br)cc2)CC1. The van der Waals surface area contributed by atoms with Crippen molar-refractivity contribution in [3.8, 4) is 0 Å². The van der Waals surface area contributed by atoms with Crippen molar-refractivity contribution in [1.82, 2.24) is 9.80 Å². The number of carbonyl (C=O) groups excluding carboxylic acids is 1. The van der Waals surface area contributed by atoms with Gasteiger partial charge in [-0.25, -0.2) is 0 Å². The van der Waals surface area contributed by atoms with Crippen LogP contribution >= 0.6 is 15.9 Å². The number of hydrogen-bond acceptors (Lipinski definition) is 2. The Kier molecular flexibility index (Phi) is 5.40. The average Bonchev–Trinajstić information content (AvgIpc) is 2.42. The maximum absolute atomic E-state index is 12.2. The molecule has 0 saturated carbocycles. The lowest BCUT2D eigenvalue weighted by Gasteiger charge is -2.34. The van der Waals surface area contributed by atoms with Crippen LogP contribution < -0.4 is 0 Å². The van der Waals surface area contributed by atoms with E-state index < -0.39 is 0 Å². The number of carbonyl (C=O) groups is 1. The Labute approximate surface area is 123 Å². The first-order chi connectivity index (χ1) is 9.19. The van der Waals surface area contributed by atoms with Crippen LogP contribution in [0.2, 0.25) is 0 Å². The molecule has 0 aromatic heterocycles. The normalized spacial score (nSPS) is 16.6. The summed E-state index contributed by atoms with van der Waals surface area (Å²) < 4.78 is 1.05. The van der Waals surface area contributed by atoms with Gasteiger partial charge in [-0.1, -0.05) is 35.0 Å². The molecule has 0 unspecified atom stereocenters. The minimum atomic E-state index is 0.249. The third-order valence-electron chi connectivity index (χ3n) is 3.53. The van der Waals surface area contributed by atoms with E-state index in [2.05, 4.69) is 27.8 Å². The predicted octanol–water partition coefficient (Wildman–Crippen LogP) is 2.55. The van der Waals surface area contributed by atoms with Crippen LogP contribution in [0.25, 0.3) is 0 Å². The van der Waals surface area contributed by atoms with Crippen LogP contribution in [0.15, 0.2) is 28.7 Å². The van der Waals surface area contributed by atoms with Gasteiger partial charge in [-0.15, -0.1) is 0 Å². The van der Waals surface area contributed by atoms with Crippen LogP contribution in [-0.4, -0.2) is 48.4 Å². The van der Waals surface area contributed by atoms with Gasteiger partial charge in [0, 0.05) is 30.7 Å². The molecule has 0 radical (unpaired) electrons. The summed E-state index contributed by atoms with van der Waals surface area (Å²) in [4.78, 5) is 16.6. The maximum atomic E-state index is 12.2. The van der Waals surface area contributed by atoms with Crippen LogP contribution in [-0.2, 0) is 11.2 Å². The summed E-state index contributed by atoms with van der Waals surface area (Å²) in [6, 6.07) is 7.99. The number of nitrogens with zero attached hydrogens (tertiary/aromatic N) is 2. The molecule has 1 amide bonds. The van der Waals surface area contributed by atoms with Crippen molar-refractivity contribution in [2.75, 3.05) is 32.7 Å². The molecule has 0 atom stereocenters. The summed E-state index contributed by atoms with van der Waals surface area (Å²) in [5.74, 6) is 0.249. The lowest BCUT2D eigenvalue weighted by Crippen LogP contribution is -2.49. The van der Waals surface area contributed by atoms with Crippen LogP contribution in [0.3, 0.4) is 0 Å². The van der Waals surface area contributed by atoms with E-state index in [1.807, 2.05) is 29.2 Å². The quantitative estimate of drug-likeness (QED) is 0.849. The zero-order valence-electron chi connectivity index (χ0n) is 11.4. The number of amides is 1. The van der Waals surface area contributed by atoms with E-state index in [1.54, 1.807) is 0 Å². The molecular weight excluding hydrogens is 304 g/mol. The van der Waals surface area contributed by atoms with Gasteiger partial charge in [-0.3, -0.25) is 9.69 Å². The molecule has 4 heteroatoms. The number of benzene rings is 1. The predicted molar refractivity (Wildman–Crippen MR) is 81.2 cm³/mol. The third kappa shape index (κ3) is 4.32. The van der Waals surface area contributed by atoms with E-state index in [0.717, 1.165) is 42.8 Å². The first kappa shape index (κ1) is 14.5. The largest absolute Gasteiger partial charge is 0.340 e. The molecule has 1 aliphatic rings. The van der Waals surface area contributed by atoms with Crippen LogP contribution in [0, 0.1) is 0 Å². The molecule has 1 heterocycles. The summed E-state index contributed by atoms with van der Waals surface area (Å²) in [5.41, 5.74) is 1.09. The first-order valence-electron chi connectivity index (χ1n) is 6.93. The summed E-state index contributed by atoms with van der Waals surface area (Å²) in [5, 5.41) is 0. The van der Waals surface area contributed by atoms with Crippen molar-refractivity contribution in [1.29, 1.82) is 0 Å². The molecule has 1 aromatic rings. The molecule has 1 saturated heterocycles. The van der Waals surface area contributed by atoms with Gasteiger partial charge in [-0.05, 0) is 30.7 Å². The molecule has 19 heavy (non-hydrogen) atoms. The maximum Gasteiger partial charge on any atom is 0.227 e. The van der Waals surface area contributed by atoms with Crippen molar-refractivity contribution in [2.24, 2.45) is 0 Å². The smallest absolute Gasteiger partial charge is 0.227 e. The van der Waals surface area contributed by atoms with Crippen LogP contribution in [0.1, 0.15) is 18.9 Å². The molecule has 0 N–H and O–H groups in total. The number of piperazine rings is 1. The van der Waals surface area contributed by atoms with E-state index in [0.29, 0.717) is 6.42 Å². The first-order valence-corrected chi connectivity index (χ1v) is 7.73. The molecule has 0 bridgehead atoms. The Hall–Kier alpha value is -0.870. The van der Waals surface area contributed by atoms with Crippen molar-refractivity contribution in [3.63, 3.8) is 0 Å². The Morgan fingerprint density at radius 3 is 2.37 bits per heavy atom. The standard InChI is InChI=1S/C15H21BrN2O/c1-2-7-17-8-10-18(11-9-17)15(19)12-13-3-5-14(16)6-4-13/h3-6H,2,7-12H2,1H3. The van der Waals surface area contributed by atoms with Gasteiger partial charge in [0.1, 0.15) is 0 Å². The van der Waals surface area contributed by atoms with E-state index >= 15 is 0 Å². The minimum absolute atomic E-state index is 0.249. The Bertz CT molecular complexity index is 411.